The van der Waals surface area contributed by atoms with Crippen LogP contribution in [0.3, 0.4) is 0 Å². The van der Waals surface area contributed by atoms with Crippen molar-refractivity contribution >= 4 is 5.97 Å². The summed E-state index contributed by atoms with van der Waals surface area (Å²) in [5.74, 6) is -2.14. The van der Waals surface area contributed by atoms with E-state index in [2.05, 4.69) is 33.8 Å². The Morgan fingerprint density at radius 1 is 0.618 bits per heavy atom. The molecule has 9 aliphatic rings. The molecule has 0 aromatic rings. The fourth-order valence-corrected chi connectivity index (χ4v) is 16.2. The smallest absolute Gasteiger partial charge is 0.317 e. The van der Waals surface area contributed by atoms with Crippen molar-refractivity contribution in [1.29, 1.82) is 0 Å². The molecule has 4 saturated heterocycles. The van der Waals surface area contributed by atoms with E-state index in [0.29, 0.717) is 32.1 Å². The molecule has 8 fully saturated rings. The maximum absolute atomic E-state index is 15.3. The van der Waals surface area contributed by atoms with Gasteiger partial charge in [-0.05, 0) is 97.7 Å². The van der Waals surface area contributed by atoms with Gasteiger partial charge in [-0.1, -0.05) is 46.3 Å². The molecule has 15 N–H and O–H groups in total. The molecule has 4 saturated carbocycles. The number of aliphatic hydroxyl groups excluding tert-OH is 15. The Kier molecular flexibility index (Phi) is 16.5. The van der Waals surface area contributed by atoms with E-state index in [4.69, 9.17) is 37.9 Å². The second-order valence-corrected chi connectivity index (χ2v) is 25.4. The lowest BCUT2D eigenvalue weighted by Crippen LogP contribution is -2.71. The number of fused-ring (bicyclic) bond motifs is 7. The van der Waals surface area contributed by atoms with E-state index < -0.39 is 207 Å². The van der Waals surface area contributed by atoms with Gasteiger partial charge >= 0.3 is 5.97 Å². The van der Waals surface area contributed by atoms with Crippen molar-refractivity contribution in [2.75, 3.05) is 33.0 Å². The highest BCUT2D eigenvalue weighted by molar-refractivity contribution is 5.80. The van der Waals surface area contributed by atoms with E-state index in [1.807, 2.05) is 6.92 Å². The number of rotatable bonds is 11. The Labute approximate surface area is 441 Å². The van der Waals surface area contributed by atoms with Crippen LogP contribution in [0.4, 0.5) is 0 Å². The molecule has 436 valence electrons. The number of ether oxygens (including phenoxy) is 8. The zero-order valence-corrected chi connectivity index (χ0v) is 44.0. The van der Waals surface area contributed by atoms with Crippen LogP contribution in [-0.4, -0.2) is 245 Å². The molecule has 0 amide bonds. The van der Waals surface area contributed by atoms with Crippen LogP contribution in [0, 0.1) is 50.2 Å². The predicted molar refractivity (Wildman–Crippen MR) is 255 cm³/mol. The summed E-state index contributed by atoms with van der Waals surface area (Å²) in [5.41, 5.74) is -4.60. The maximum Gasteiger partial charge on any atom is 0.317 e. The highest BCUT2D eigenvalue weighted by Crippen LogP contribution is 2.76. The minimum absolute atomic E-state index is 0.103. The van der Waals surface area contributed by atoms with Crippen molar-refractivity contribution < 1.29 is 119 Å². The highest BCUT2D eigenvalue weighted by Gasteiger charge is 2.74. The van der Waals surface area contributed by atoms with E-state index >= 15 is 4.79 Å². The van der Waals surface area contributed by atoms with Crippen molar-refractivity contribution in [1.82, 2.24) is 0 Å². The first-order valence-corrected chi connectivity index (χ1v) is 27.0. The van der Waals surface area contributed by atoms with Crippen LogP contribution in [0.25, 0.3) is 0 Å². The Bertz CT molecular complexity index is 2090. The molecule has 4 aliphatic heterocycles. The lowest BCUT2D eigenvalue weighted by atomic mass is 9.33. The topological polar surface area (TPSA) is 394 Å². The molecule has 9 rings (SSSR count). The number of esters is 1. The fourth-order valence-electron chi connectivity index (χ4n) is 16.2. The predicted octanol–water partition coefficient (Wildman–Crippen LogP) is -3.84. The van der Waals surface area contributed by atoms with Gasteiger partial charge in [0.2, 0.25) is 6.29 Å². The van der Waals surface area contributed by atoms with Crippen LogP contribution in [0.2, 0.25) is 0 Å². The first-order valence-electron chi connectivity index (χ1n) is 27.0. The van der Waals surface area contributed by atoms with Crippen LogP contribution in [-0.2, 0) is 42.7 Å². The first kappa shape index (κ1) is 59.0. The number of carbonyl (C=O) groups is 1. The van der Waals surface area contributed by atoms with E-state index in [0.717, 1.165) is 5.57 Å². The van der Waals surface area contributed by atoms with Crippen molar-refractivity contribution in [3.05, 3.63) is 11.6 Å². The molecule has 4 heterocycles. The Hall–Kier alpha value is -1.67. The molecule has 76 heavy (non-hydrogen) atoms. The first-order chi connectivity index (χ1) is 35.6. The second kappa shape index (κ2) is 21.3. The van der Waals surface area contributed by atoms with Gasteiger partial charge in [-0.15, -0.1) is 0 Å². The number of allylic oxidation sites excluding steroid dienone is 2. The van der Waals surface area contributed by atoms with Gasteiger partial charge in [0.15, 0.2) is 25.0 Å². The molecule has 0 unspecified atom stereocenters. The van der Waals surface area contributed by atoms with Gasteiger partial charge in [-0.25, -0.2) is 0 Å². The van der Waals surface area contributed by atoms with Gasteiger partial charge in [0.1, 0.15) is 78.7 Å². The molecule has 0 radical (unpaired) electrons. The van der Waals surface area contributed by atoms with E-state index in [1.54, 1.807) is 0 Å². The van der Waals surface area contributed by atoms with Crippen molar-refractivity contribution in [3.63, 3.8) is 0 Å². The summed E-state index contributed by atoms with van der Waals surface area (Å²) in [6, 6.07) is 0. The van der Waals surface area contributed by atoms with Crippen LogP contribution in [0.5, 0.6) is 0 Å². The Morgan fingerprint density at radius 2 is 1.22 bits per heavy atom. The van der Waals surface area contributed by atoms with E-state index in [1.165, 1.54) is 6.92 Å². The standard InChI is InChI=1S/C52H84O24/c1-21-39(73-42-36(65)31(60)25(57)17-69-42)35(64)38(67)43(71-21)74-40-32(61)26(58)18-70-45(40)76-46(68)52-12-11-47(2,3)13-23(52)22-7-8-28-48(4)14-24(56)41(75-44-37(66)34(63)33(62)27(16-53)72-44)51(19-54,20-55)29(48)9-10-49(28,5)50(22,6)15-30(52)59/h7,21,23-45,53-67H,8-20H2,1-6H3/t21-,23-,24-,25-,26-,27-,28-,29+,30+,31+,32+,33-,34+,35-,36-,37-,38-,39-,40-,41+,42+,43+,44+,45+,48-,49+,50-,52-/m0/s1. The summed E-state index contributed by atoms with van der Waals surface area (Å²) in [7, 11) is 0. The summed E-state index contributed by atoms with van der Waals surface area (Å²) >= 11 is 0. The lowest BCUT2D eigenvalue weighted by Gasteiger charge is -2.72. The fraction of sp³-hybridized carbons (Fsp3) is 0.942. The van der Waals surface area contributed by atoms with Gasteiger partial charge in [-0.3, -0.25) is 4.79 Å². The molecule has 24 nitrogen and oxygen atoms in total. The second-order valence-electron chi connectivity index (χ2n) is 25.4. The molecule has 5 aliphatic carbocycles. The minimum atomic E-state index is -1.91. The monoisotopic (exact) mass is 1090 g/mol. The molecule has 28 atom stereocenters. The van der Waals surface area contributed by atoms with Crippen molar-refractivity contribution in [2.45, 2.75) is 222 Å². The number of aliphatic hydroxyl groups is 15. The Morgan fingerprint density at radius 3 is 1.88 bits per heavy atom. The quantitative estimate of drug-likeness (QED) is 0.0535. The molecule has 0 aromatic heterocycles. The largest absolute Gasteiger partial charge is 0.432 e. The van der Waals surface area contributed by atoms with Gasteiger partial charge < -0.3 is 114 Å². The molecule has 0 bridgehead atoms. The van der Waals surface area contributed by atoms with Crippen LogP contribution in [0.15, 0.2) is 11.6 Å². The molecule has 0 spiro atoms. The maximum atomic E-state index is 15.3. The summed E-state index contributed by atoms with van der Waals surface area (Å²) in [6.07, 6.45) is -28.2. The van der Waals surface area contributed by atoms with Gasteiger partial charge in [-0.2, -0.15) is 0 Å². The summed E-state index contributed by atoms with van der Waals surface area (Å²) in [4.78, 5) is 15.3. The van der Waals surface area contributed by atoms with E-state index in [9.17, 15) is 76.6 Å². The average molecular weight is 1090 g/mol. The number of carbonyl (C=O) groups excluding carboxylic acids is 1. The van der Waals surface area contributed by atoms with Gasteiger partial charge in [0.05, 0.1) is 57.5 Å². The SMILES string of the molecule is C[C@@H]1O[C@H](O[C@@H]2[C@@H](OC(=O)[C@@]34CCC(C)(C)C[C@H]3C3=CC[C@H]5[C@]6(C)C[C@H](O)[C@@H](O[C@H]7O[C@@H](CO)[C@H](O)[C@@H](O)[C@@H]7O)C(CO)(CO)[C@@H]6CC[C@@]5(C)[C@@]3(C)C[C@H]4O)OC[C@H](O)[C@H]2O)[C@@H](O)[C@H](O)[C@H]1O[C@H]1OC[C@H](O)[C@@H](O)[C@@H]1O. The number of hydrogen-bond acceptors (Lipinski definition) is 24. The van der Waals surface area contributed by atoms with Crippen LogP contribution < -0.4 is 0 Å². The van der Waals surface area contributed by atoms with E-state index in [-0.39, 0.29) is 30.6 Å². The van der Waals surface area contributed by atoms with Gasteiger partial charge in [0, 0.05) is 5.41 Å². The van der Waals surface area contributed by atoms with Crippen molar-refractivity contribution in [3.8, 4) is 0 Å². The molecule has 24 heteroatoms. The average Bonchev–Trinajstić information content (AvgIpc) is 3.56. The molecule has 0 aromatic carbocycles. The Balaban J connectivity index is 0.971. The number of hydrogen-bond donors (Lipinski definition) is 15. The third-order valence-electron chi connectivity index (χ3n) is 20.8. The lowest BCUT2D eigenvalue weighted by molar-refractivity contribution is -0.369. The van der Waals surface area contributed by atoms with Crippen molar-refractivity contribution in [2.24, 2.45) is 50.2 Å². The zero-order chi connectivity index (χ0) is 55.6. The molecular formula is C52H84O24. The summed E-state index contributed by atoms with van der Waals surface area (Å²) < 4.78 is 47.0. The minimum Gasteiger partial charge on any atom is -0.432 e. The van der Waals surface area contributed by atoms with Crippen LogP contribution >= 0.6 is 0 Å². The third-order valence-corrected chi connectivity index (χ3v) is 20.8. The summed E-state index contributed by atoms with van der Waals surface area (Å²) in [6.45, 7) is 9.08. The molecular weight excluding hydrogens is 1010 g/mol. The summed E-state index contributed by atoms with van der Waals surface area (Å²) in [5, 5.41) is 165. The van der Waals surface area contributed by atoms with Gasteiger partial charge in [0.25, 0.3) is 0 Å². The normalized spacial score (nSPS) is 54.0. The zero-order valence-electron chi connectivity index (χ0n) is 44.0. The third kappa shape index (κ3) is 9.17. The van der Waals surface area contributed by atoms with Crippen LogP contribution in [0.1, 0.15) is 92.9 Å². The highest BCUT2D eigenvalue weighted by atomic mass is 16.8.